The number of benzene rings is 2. The van der Waals surface area contributed by atoms with Crippen molar-refractivity contribution < 1.29 is 23.1 Å². The Morgan fingerprint density at radius 3 is 2.46 bits per heavy atom. The summed E-state index contributed by atoms with van der Waals surface area (Å²) in [4.78, 5) is 24.4. The lowest BCUT2D eigenvalue weighted by atomic mass is 10.3. The molecule has 0 radical (unpaired) electrons. The summed E-state index contributed by atoms with van der Waals surface area (Å²) in [6, 6.07) is 11.7. The second-order valence-electron chi connectivity index (χ2n) is 5.28. The molecule has 0 spiro atoms. The van der Waals surface area contributed by atoms with E-state index in [9.17, 15) is 18.4 Å². The highest BCUT2D eigenvalue weighted by Crippen LogP contribution is 2.19. The fourth-order valence-electron chi connectivity index (χ4n) is 1.87. The molecule has 2 amide bonds. The minimum Gasteiger partial charge on any atom is -0.478 e. The fraction of sp³-hybridized carbons (Fsp3) is 0.222. The third-order valence-electron chi connectivity index (χ3n) is 3.25. The Labute approximate surface area is 154 Å². The minimum absolute atomic E-state index is 0.0443. The van der Waals surface area contributed by atoms with Crippen LogP contribution < -0.4 is 15.6 Å². The van der Waals surface area contributed by atoms with E-state index in [0.29, 0.717) is 5.75 Å². The number of nitrogens with one attached hydrogen (secondary N) is 2. The topological polar surface area (TPSA) is 67.4 Å². The first-order valence-corrected chi connectivity index (χ1v) is 8.82. The van der Waals surface area contributed by atoms with Crippen molar-refractivity contribution in [2.75, 3.05) is 5.75 Å². The van der Waals surface area contributed by atoms with Crippen LogP contribution in [0.15, 0.2) is 53.4 Å². The van der Waals surface area contributed by atoms with Gasteiger partial charge < -0.3 is 4.74 Å². The van der Waals surface area contributed by atoms with Crippen LogP contribution in [0, 0.1) is 11.6 Å². The van der Waals surface area contributed by atoms with Gasteiger partial charge in [-0.25, -0.2) is 8.78 Å². The molecule has 5 nitrogen and oxygen atoms in total. The number of ether oxygens (including phenoxy) is 1. The van der Waals surface area contributed by atoms with Crippen LogP contribution >= 0.6 is 11.8 Å². The number of para-hydroxylation sites is 1. The summed E-state index contributed by atoms with van der Waals surface area (Å²) in [7, 11) is 0. The van der Waals surface area contributed by atoms with Gasteiger partial charge >= 0.3 is 0 Å². The third kappa shape index (κ3) is 6.36. The number of carbonyl (C=O) groups is 2. The van der Waals surface area contributed by atoms with E-state index in [1.54, 1.807) is 18.2 Å². The number of halogens is 2. The molecule has 0 aliphatic rings. The van der Waals surface area contributed by atoms with Gasteiger partial charge in [0.15, 0.2) is 17.7 Å². The standard InChI is InChI=1S/C18H18F2N2O3S/c1-12(25-16-5-3-2-4-15(16)20)18(24)22-21-17(23)10-11-26-14-8-6-13(19)7-9-14/h2-9,12H,10-11H2,1H3,(H,21,23)(H,22,24)/t12-/m0/s1. The molecule has 0 fully saturated rings. The number of amides is 2. The molecule has 0 bridgehead atoms. The maximum atomic E-state index is 13.5. The largest absolute Gasteiger partial charge is 0.478 e. The molecule has 8 heteroatoms. The highest BCUT2D eigenvalue weighted by molar-refractivity contribution is 7.99. The van der Waals surface area contributed by atoms with E-state index < -0.39 is 17.8 Å². The molecular formula is C18H18F2N2O3S. The van der Waals surface area contributed by atoms with Gasteiger partial charge in [0.1, 0.15) is 5.82 Å². The van der Waals surface area contributed by atoms with Crippen LogP contribution in [0.25, 0.3) is 0 Å². The number of hydrogen-bond acceptors (Lipinski definition) is 4. The highest BCUT2D eigenvalue weighted by atomic mass is 32.2. The van der Waals surface area contributed by atoms with Crippen molar-refractivity contribution in [1.82, 2.24) is 10.9 Å². The molecule has 1 atom stereocenters. The van der Waals surface area contributed by atoms with Gasteiger partial charge in [-0.15, -0.1) is 11.8 Å². The molecule has 2 N–H and O–H groups in total. The maximum Gasteiger partial charge on any atom is 0.279 e. The monoisotopic (exact) mass is 380 g/mol. The smallest absolute Gasteiger partial charge is 0.279 e. The van der Waals surface area contributed by atoms with Gasteiger partial charge in [-0.2, -0.15) is 0 Å². The first kappa shape index (κ1) is 19.7. The zero-order valence-corrected chi connectivity index (χ0v) is 14.8. The Hall–Kier alpha value is -2.61. The van der Waals surface area contributed by atoms with E-state index in [4.69, 9.17) is 4.74 Å². The van der Waals surface area contributed by atoms with Crippen LogP contribution in [-0.2, 0) is 9.59 Å². The summed E-state index contributed by atoms with van der Waals surface area (Å²) in [5.74, 6) is -1.46. The lowest BCUT2D eigenvalue weighted by molar-refractivity contribution is -0.132. The average Bonchev–Trinajstić information content (AvgIpc) is 2.63. The summed E-state index contributed by atoms with van der Waals surface area (Å²) in [5.41, 5.74) is 4.51. The number of thioether (sulfide) groups is 1. The molecule has 26 heavy (non-hydrogen) atoms. The Morgan fingerprint density at radius 1 is 1.08 bits per heavy atom. The van der Waals surface area contributed by atoms with Crippen molar-refractivity contribution in [3.8, 4) is 5.75 Å². The lowest BCUT2D eigenvalue weighted by Gasteiger charge is -2.15. The molecule has 0 aromatic heterocycles. The average molecular weight is 380 g/mol. The van der Waals surface area contributed by atoms with Crippen molar-refractivity contribution in [3.63, 3.8) is 0 Å². The van der Waals surface area contributed by atoms with Gasteiger partial charge in [0.05, 0.1) is 0 Å². The summed E-state index contributed by atoms with van der Waals surface area (Å²) in [6.07, 6.45) is -0.828. The number of carbonyl (C=O) groups excluding carboxylic acids is 2. The molecule has 0 heterocycles. The van der Waals surface area contributed by atoms with Gasteiger partial charge in [-0.1, -0.05) is 12.1 Å². The molecular weight excluding hydrogens is 362 g/mol. The fourth-order valence-corrected chi connectivity index (χ4v) is 2.72. The predicted octanol–water partition coefficient (Wildman–Crippen LogP) is 3.06. The normalized spacial score (nSPS) is 11.5. The summed E-state index contributed by atoms with van der Waals surface area (Å²) in [6.45, 7) is 1.44. The van der Waals surface area contributed by atoms with Crippen LogP contribution in [-0.4, -0.2) is 23.7 Å². The van der Waals surface area contributed by atoms with Crippen LogP contribution in [0.2, 0.25) is 0 Å². The Balaban J connectivity index is 1.68. The molecule has 2 rings (SSSR count). The van der Waals surface area contributed by atoms with Gasteiger partial charge in [0.2, 0.25) is 5.91 Å². The van der Waals surface area contributed by atoms with Crippen molar-refractivity contribution in [1.29, 1.82) is 0 Å². The van der Waals surface area contributed by atoms with Gasteiger partial charge in [0, 0.05) is 17.1 Å². The molecule has 0 saturated carbocycles. The molecule has 138 valence electrons. The van der Waals surface area contributed by atoms with Crippen LogP contribution in [0.3, 0.4) is 0 Å². The third-order valence-corrected chi connectivity index (χ3v) is 4.26. The van der Waals surface area contributed by atoms with E-state index in [1.807, 2.05) is 0 Å². The second-order valence-corrected chi connectivity index (χ2v) is 6.45. The molecule has 0 unspecified atom stereocenters. The Bertz CT molecular complexity index is 756. The van der Waals surface area contributed by atoms with E-state index in [1.165, 1.54) is 49.0 Å². The second kappa shape index (κ2) is 9.76. The first-order valence-electron chi connectivity index (χ1n) is 7.84. The first-order chi connectivity index (χ1) is 12.5. The summed E-state index contributed by atoms with van der Waals surface area (Å²) >= 11 is 1.39. The van der Waals surface area contributed by atoms with Gasteiger partial charge in [-0.3, -0.25) is 20.4 Å². The molecule has 0 saturated heterocycles. The number of hydrogen-bond donors (Lipinski definition) is 2. The zero-order valence-electron chi connectivity index (χ0n) is 14.0. The van der Waals surface area contributed by atoms with Crippen molar-refractivity contribution in [2.24, 2.45) is 0 Å². The number of rotatable bonds is 7. The molecule has 2 aromatic carbocycles. The highest BCUT2D eigenvalue weighted by Gasteiger charge is 2.17. The SMILES string of the molecule is C[C@H](Oc1ccccc1F)C(=O)NNC(=O)CCSc1ccc(F)cc1. The van der Waals surface area contributed by atoms with E-state index in [0.717, 1.165) is 4.90 Å². The van der Waals surface area contributed by atoms with Crippen LogP contribution in [0.4, 0.5) is 8.78 Å². The molecule has 2 aromatic rings. The zero-order chi connectivity index (χ0) is 18.9. The minimum atomic E-state index is -0.985. The van der Waals surface area contributed by atoms with Gasteiger partial charge in [-0.05, 0) is 43.3 Å². The van der Waals surface area contributed by atoms with Crippen LogP contribution in [0.5, 0.6) is 5.75 Å². The maximum absolute atomic E-state index is 13.5. The Morgan fingerprint density at radius 2 is 1.77 bits per heavy atom. The van der Waals surface area contributed by atoms with Crippen LogP contribution in [0.1, 0.15) is 13.3 Å². The molecule has 0 aliphatic heterocycles. The van der Waals surface area contributed by atoms with Crippen molar-refractivity contribution >= 4 is 23.6 Å². The summed E-state index contributed by atoms with van der Waals surface area (Å²) < 4.78 is 31.5. The van der Waals surface area contributed by atoms with Crippen molar-refractivity contribution in [2.45, 2.75) is 24.3 Å². The lowest BCUT2D eigenvalue weighted by Crippen LogP contribution is -2.47. The molecule has 0 aliphatic carbocycles. The van der Waals surface area contributed by atoms with E-state index >= 15 is 0 Å². The van der Waals surface area contributed by atoms with E-state index in [-0.39, 0.29) is 23.9 Å². The summed E-state index contributed by atoms with van der Waals surface area (Å²) in [5, 5.41) is 0. The Kier molecular flexibility index (Phi) is 7.40. The quantitative estimate of drug-likeness (QED) is 0.572. The van der Waals surface area contributed by atoms with Crippen molar-refractivity contribution in [3.05, 3.63) is 60.2 Å². The predicted molar refractivity (Wildman–Crippen MR) is 94.5 cm³/mol. The number of hydrazine groups is 1. The van der Waals surface area contributed by atoms with E-state index in [2.05, 4.69) is 10.9 Å². The van der Waals surface area contributed by atoms with Gasteiger partial charge in [0.25, 0.3) is 5.91 Å².